The molecule has 0 bridgehead atoms. The van der Waals surface area contributed by atoms with E-state index >= 15 is 0 Å². The third-order valence-corrected chi connectivity index (χ3v) is 3.72. The van der Waals surface area contributed by atoms with Crippen molar-refractivity contribution >= 4 is 21.8 Å². The Labute approximate surface area is 128 Å². The third-order valence-electron chi connectivity index (χ3n) is 3.19. The number of carbonyl (C=O) groups is 1. The number of rotatable bonds is 5. The summed E-state index contributed by atoms with van der Waals surface area (Å²) in [6.45, 7) is 3.60. The van der Waals surface area contributed by atoms with Crippen molar-refractivity contribution < 1.29 is 4.79 Å². The first-order valence-electron chi connectivity index (χ1n) is 6.77. The van der Waals surface area contributed by atoms with Crippen LogP contribution in [-0.2, 0) is 13.1 Å². The Morgan fingerprint density at radius 2 is 1.95 bits per heavy atom. The fraction of sp³-hybridized carbons (Fsp3) is 0.312. The van der Waals surface area contributed by atoms with Gasteiger partial charge in [-0.2, -0.15) is 0 Å². The first-order valence-corrected chi connectivity index (χ1v) is 7.56. The van der Waals surface area contributed by atoms with E-state index in [-0.39, 0.29) is 5.91 Å². The zero-order chi connectivity index (χ0) is 14.5. The van der Waals surface area contributed by atoms with E-state index in [1.165, 1.54) is 0 Å². The van der Waals surface area contributed by atoms with Crippen LogP contribution in [0.15, 0.2) is 47.1 Å². The van der Waals surface area contributed by atoms with Crippen molar-refractivity contribution in [3.8, 4) is 0 Å². The van der Waals surface area contributed by atoms with Gasteiger partial charge in [0.25, 0.3) is 5.91 Å². The number of hydrogen-bond acceptors (Lipinski definition) is 1. The predicted octanol–water partition coefficient (Wildman–Crippen LogP) is 3.93. The molecule has 1 heterocycles. The number of nitrogens with zero attached hydrogens (tertiary/aromatic N) is 2. The molecule has 0 unspecified atom stereocenters. The maximum Gasteiger partial charge on any atom is 0.270 e. The maximum atomic E-state index is 12.5. The van der Waals surface area contributed by atoms with E-state index in [1.54, 1.807) is 4.90 Å². The van der Waals surface area contributed by atoms with Crippen LogP contribution < -0.4 is 0 Å². The Morgan fingerprint density at radius 3 is 2.60 bits per heavy atom. The van der Waals surface area contributed by atoms with Crippen LogP contribution in [0.1, 0.15) is 29.4 Å². The van der Waals surface area contributed by atoms with Crippen molar-refractivity contribution in [2.75, 3.05) is 7.05 Å². The molecular weight excluding hydrogens is 316 g/mol. The summed E-state index contributed by atoms with van der Waals surface area (Å²) < 4.78 is 3.06. The lowest BCUT2D eigenvalue weighted by atomic mass is 10.2. The summed E-state index contributed by atoms with van der Waals surface area (Å²) in [6, 6.07) is 11.9. The van der Waals surface area contributed by atoms with Gasteiger partial charge < -0.3 is 9.47 Å². The van der Waals surface area contributed by atoms with Crippen LogP contribution in [0.2, 0.25) is 0 Å². The molecule has 0 saturated carbocycles. The zero-order valence-corrected chi connectivity index (χ0v) is 13.4. The molecule has 2 rings (SSSR count). The van der Waals surface area contributed by atoms with E-state index in [0.717, 1.165) is 28.7 Å². The molecule has 2 aromatic rings. The van der Waals surface area contributed by atoms with Gasteiger partial charge in [-0.15, -0.1) is 0 Å². The van der Waals surface area contributed by atoms with Crippen LogP contribution in [0.3, 0.4) is 0 Å². The number of halogens is 1. The van der Waals surface area contributed by atoms with Gasteiger partial charge in [0.15, 0.2) is 0 Å². The molecule has 3 nitrogen and oxygen atoms in total. The van der Waals surface area contributed by atoms with Crippen LogP contribution in [0.4, 0.5) is 0 Å². The highest BCUT2D eigenvalue weighted by Crippen LogP contribution is 2.13. The Bertz CT molecular complexity index is 574. The molecule has 0 aliphatic rings. The highest BCUT2D eigenvalue weighted by molar-refractivity contribution is 9.10. The molecule has 0 fully saturated rings. The highest BCUT2D eigenvalue weighted by Gasteiger charge is 2.15. The monoisotopic (exact) mass is 334 g/mol. The van der Waals surface area contributed by atoms with E-state index in [4.69, 9.17) is 0 Å². The van der Waals surface area contributed by atoms with Crippen molar-refractivity contribution in [3.05, 3.63) is 58.3 Å². The van der Waals surface area contributed by atoms with Crippen molar-refractivity contribution in [2.24, 2.45) is 0 Å². The van der Waals surface area contributed by atoms with Crippen molar-refractivity contribution in [3.63, 3.8) is 0 Å². The smallest absolute Gasteiger partial charge is 0.270 e. The normalized spacial score (nSPS) is 10.6. The lowest BCUT2D eigenvalue weighted by molar-refractivity contribution is 0.0774. The second-order valence-electron chi connectivity index (χ2n) is 4.87. The average molecular weight is 335 g/mol. The number of aromatic nitrogens is 1. The van der Waals surface area contributed by atoms with Gasteiger partial charge in [0, 0.05) is 30.8 Å². The molecule has 4 heteroatoms. The lowest BCUT2D eigenvalue weighted by Crippen LogP contribution is -2.28. The van der Waals surface area contributed by atoms with Crippen LogP contribution >= 0.6 is 15.9 Å². The molecule has 20 heavy (non-hydrogen) atoms. The van der Waals surface area contributed by atoms with Gasteiger partial charge in [0.1, 0.15) is 5.69 Å². The minimum Gasteiger partial charge on any atom is -0.344 e. The van der Waals surface area contributed by atoms with Crippen molar-refractivity contribution in [1.82, 2.24) is 9.47 Å². The minimum atomic E-state index is 0.0615. The van der Waals surface area contributed by atoms with Crippen molar-refractivity contribution in [2.45, 2.75) is 26.4 Å². The number of hydrogen-bond donors (Lipinski definition) is 0. The van der Waals surface area contributed by atoms with Crippen LogP contribution in [-0.4, -0.2) is 22.4 Å². The lowest BCUT2D eigenvalue weighted by Gasteiger charge is -2.18. The molecule has 0 spiro atoms. The second-order valence-corrected chi connectivity index (χ2v) is 5.79. The summed E-state index contributed by atoms with van der Waals surface area (Å²) in [5.74, 6) is 0.0615. The van der Waals surface area contributed by atoms with Gasteiger partial charge in [-0.1, -0.05) is 35.0 Å². The van der Waals surface area contributed by atoms with E-state index in [0.29, 0.717) is 6.54 Å². The molecule has 0 aliphatic heterocycles. The number of benzene rings is 1. The molecule has 0 atom stereocenters. The largest absolute Gasteiger partial charge is 0.344 e. The first kappa shape index (κ1) is 14.9. The molecule has 0 saturated heterocycles. The molecule has 0 radical (unpaired) electrons. The second kappa shape index (κ2) is 6.75. The number of carbonyl (C=O) groups excluding carboxylic acids is 1. The minimum absolute atomic E-state index is 0.0615. The number of aryl methyl sites for hydroxylation is 1. The summed E-state index contributed by atoms with van der Waals surface area (Å²) in [7, 11) is 1.84. The number of amides is 1. The van der Waals surface area contributed by atoms with Crippen LogP contribution in [0, 0.1) is 0 Å². The average Bonchev–Trinajstić information content (AvgIpc) is 2.89. The van der Waals surface area contributed by atoms with Crippen molar-refractivity contribution in [1.29, 1.82) is 0 Å². The van der Waals surface area contributed by atoms with Gasteiger partial charge in [-0.05, 0) is 36.2 Å². The summed E-state index contributed by atoms with van der Waals surface area (Å²) in [5.41, 5.74) is 1.88. The maximum absolute atomic E-state index is 12.5. The SMILES string of the molecule is CCCn1cccc1C(=O)N(C)Cc1ccc(Br)cc1. The highest BCUT2D eigenvalue weighted by atomic mass is 79.9. The van der Waals surface area contributed by atoms with Gasteiger partial charge in [-0.25, -0.2) is 0 Å². The molecule has 1 amide bonds. The van der Waals surface area contributed by atoms with Gasteiger partial charge in [0.2, 0.25) is 0 Å². The Morgan fingerprint density at radius 1 is 1.25 bits per heavy atom. The molecule has 1 aromatic carbocycles. The first-order chi connectivity index (χ1) is 9.61. The Balaban J connectivity index is 2.08. The molecular formula is C16H19BrN2O. The molecule has 1 aromatic heterocycles. The van der Waals surface area contributed by atoms with E-state index in [9.17, 15) is 4.79 Å². The molecule has 0 aliphatic carbocycles. The fourth-order valence-electron chi connectivity index (χ4n) is 2.18. The standard InChI is InChI=1S/C16H19BrN2O/c1-3-10-19-11-4-5-15(19)16(20)18(2)12-13-6-8-14(17)9-7-13/h4-9,11H,3,10,12H2,1-2H3. The van der Waals surface area contributed by atoms with Gasteiger partial charge in [0.05, 0.1) is 0 Å². The summed E-state index contributed by atoms with van der Waals surface area (Å²) in [4.78, 5) is 14.2. The van der Waals surface area contributed by atoms with E-state index in [2.05, 4.69) is 22.9 Å². The summed E-state index contributed by atoms with van der Waals surface area (Å²) >= 11 is 3.42. The third kappa shape index (κ3) is 3.51. The molecule has 106 valence electrons. The zero-order valence-electron chi connectivity index (χ0n) is 11.8. The Hall–Kier alpha value is -1.55. The quantitative estimate of drug-likeness (QED) is 0.813. The van der Waals surface area contributed by atoms with E-state index < -0.39 is 0 Å². The summed E-state index contributed by atoms with van der Waals surface area (Å²) in [5, 5.41) is 0. The molecule has 0 N–H and O–H groups in total. The summed E-state index contributed by atoms with van der Waals surface area (Å²) in [6.07, 6.45) is 2.98. The van der Waals surface area contributed by atoms with Crippen LogP contribution in [0.5, 0.6) is 0 Å². The predicted molar refractivity (Wildman–Crippen MR) is 84.7 cm³/mol. The van der Waals surface area contributed by atoms with Gasteiger partial charge in [-0.3, -0.25) is 4.79 Å². The van der Waals surface area contributed by atoms with Crippen LogP contribution in [0.25, 0.3) is 0 Å². The topological polar surface area (TPSA) is 25.2 Å². The fourth-order valence-corrected chi connectivity index (χ4v) is 2.44. The van der Waals surface area contributed by atoms with Gasteiger partial charge >= 0.3 is 0 Å². The Kier molecular flexibility index (Phi) is 5.01. The van der Waals surface area contributed by atoms with E-state index in [1.807, 2.05) is 54.2 Å².